The van der Waals surface area contributed by atoms with Gasteiger partial charge < -0.3 is 43.1 Å². The van der Waals surface area contributed by atoms with Crippen LogP contribution in [0.4, 0.5) is 17.8 Å². The summed E-state index contributed by atoms with van der Waals surface area (Å²) in [5, 5.41) is 0. The van der Waals surface area contributed by atoms with Crippen LogP contribution in [0.2, 0.25) is 0 Å². The molecule has 0 aliphatic rings. The summed E-state index contributed by atoms with van der Waals surface area (Å²) in [6, 6.07) is 0. The van der Waals surface area contributed by atoms with Gasteiger partial charge >= 0.3 is 35.8 Å². The number of esters is 6. The molecule has 1 rings (SSSR count). The number of carbonyl (C=O) groups is 6. The van der Waals surface area contributed by atoms with E-state index < -0.39 is 35.8 Å². The van der Waals surface area contributed by atoms with Crippen molar-refractivity contribution in [3.63, 3.8) is 0 Å². The van der Waals surface area contributed by atoms with Gasteiger partial charge in [0.05, 0.1) is 39.6 Å². The Morgan fingerprint density at radius 1 is 0.333 bits per heavy atom. The molecule has 0 aliphatic heterocycles. The van der Waals surface area contributed by atoms with Gasteiger partial charge in [0, 0.05) is 108 Å². The molecule has 0 bridgehead atoms. The molecule has 0 spiro atoms. The van der Waals surface area contributed by atoms with Crippen LogP contribution in [0.1, 0.15) is 83.1 Å². The number of aromatic nitrogens is 3. The standard InChI is InChI=1S/C51H78N6O12/c1-31(2)43(58)64-25-37(13)19-55(20-38(14)26-65-44(59)32(3)4)49-52-50(56(21-39(15)27-66-45(60)33(5)6)22-40(16)28-67-46(61)34(7)8)54-51(53-49)57(23-41(17)29-68-47(62)35(9)10)24-42(18)30-69-48(63)36(11)12/h37-42H,1,3,5,7,9,11,19-30H2,2,4,6,8,10,12-18H3. The first-order chi connectivity index (χ1) is 32.1. The minimum atomic E-state index is -0.540. The first-order valence-electron chi connectivity index (χ1n) is 23.1. The molecule has 1 heterocycles. The van der Waals surface area contributed by atoms with E-state index in [1.165, 1.54) is 0 Å². The van der Waals surface area contributed by atoms with Crippen molar-refractivity contribution in [2.45, 2.75) is 83.1 Å². The zero-order valence-corrected chi connectivity index (χ0v) is 43.3. The van der Waals surface area contributed by atoms with E-state index in [0.717, 1.165) is 0 Å². The Kier molecular flexibility index (Phi) is 26.6. The maximum Gasteiger partial charge on any atom is 0.333 e. The number of rotatable bonds is 33. The Bertz CT molecular complexity index is 1680. The third-order valence-electron chi connectivity index (χ3n) is 9.73. The van der Waals surface area contributed by atoms with Gasteiger partial charge in [-0.2, -0.15) is 15.0 Å². The van der Waals surface area contributed by atoms with E-state index in [1.54, 1.807) is 41.5 Å². The van der Waals surface area contributed by atoms with Gasteiger partial charge in [0.1, 0.15) is 0 Å². The molecule has 6 unspecified atom stereocenters. The normalized spacial score (nSPS) is 13.4. The lowest BCUT2D eigenvalue weighted by Gasteiger charge is -2.34. The Morgan fingerprint density at radius 2 is 0.464 bits per heavy atom. The zero-order chi connectivity index (χ0) is 52.7. The Morgan fingerprint density at radius 3 is 0.580 bits per heavy atom. The third kappa shape index (κ3) is 24.0. The third-order valence-corrected chi connectivity index (χ3v) is 9.73. The van der Waals surface area contributed by atoms with Crippen LogP contribution in [0.3, 0.4) is 0 Å². The molecule has 18 heteroatoms. The largest absolute Gasteiger partial charge is 0.462 e. The van der Waals surface area contributed by atoms with Gasteiger partial charge in [-0.25, -0.2) is 28.8 Å². The van der Waals surface area contributed by atoms with Gasteiger partial charge in [0.2, 0.25) is 17.8 Å². The second kappa shape index (κ2) is 30.2. The quantitative estimate of drug-likeness (QED) is 0.0402. The van der Waals surface area contributed by atoms with Crippen LogP contribution in [-0.4, -0.2) is 130 Å². The van der Waals surface area contributed by atoms with E-state index in [-0.39, 0.29) is 166 Å². The van der Waals surface area contributed by atoms with Crippen LogP contribution >= 0.6 is 0 Å². The number of hydrogen-bond donors (Lipinski definition) is 0. The highest BCUT2D eigenvalue weighted by Crippen LogP contribution is 2.25. The fraction of sp³-hybridized carbons (Fsp3) is 0.588. The topological polar surface area (TPSA) is 206 Å². The molecule has 0 saturated carbocycles. The predicted molar refractivity (Wildman–Crippen MR) is 266 cm³/mol. The summed E-state index contributed by atoms with van der Waals surface area (Å²) in [6.07, 6.45) is 0. The first-order valence-corrected chi connectivity index (χ1v) is 23.1. The number of carbonyl (C=O) groups excluding carboxylic acids is 6. The molecule has 0 aromatic carbocycles. The average Bonchev–Trinajstić information content (AvgIpc) is 3.27. The second-order valence-electron chi connectivity index (χ2n) is 18.9. The van der Waals surface area contributed by atoms with Crippen LogP contribution in [-0.2, 0) is 57.2 Å². The monoisotopic (exact) mass is 967 g/mol. The minimum absolute atomic E-state index is 0.0337. The lowest BCUT2D eigenvalue weighted by atomic mass is 10.1. The molecule has 384 valence electrons. The number of hydrogen-bond acceptors (Lipinski definition) is 18. The van der Waals surface area contributed by atoms with Gasteiger partial charge in [-0.3, -0.25) is 0 Å². The van der Waals surface area contributed by atoms with Gasteiger partial charge in [-0.05, 0) is 41.5 Å². The van der Waals surface area contributed by atoms with E-state index in [9.17, 15) is 28.8 Å². The van der Waals surface area contributed by atoms with Gasteiger partial charge in [0.15, 0.2) is 0 Å². The van der Waals surface area contributed by atoms with E-state index >= 15 is 0 Å². The fourth-order valence-corrected chi connectivity index (χ4v) is 6.10. The smallest absolute Gasteiger partial charge is 0.333 e. The van der Waals surface area contributed by atoms with Crippen molar-refractivity contribution in [2.24, 2.45) is 35.5 Å². The molecule has 1 aromatic heterocycles. The first kappa shape index (κ1) is 60.7. The van der Waals surface area contributed by atoms with Crippen LogP contribution in [0.5, 0.6) is 0 Å². The lowest BCUT2D eigenvalue weighted by Crippen LogP contribution is -2.41. The molecule has 0 fully saturated rings. The van der Waals surface area contributed by atoms with Crippen LogP contribution in [0.15, 0.2) is 72.9 Å². The summed E-state index contributed by atoms with van der Waals surface area (Å²) in [7, 11) is 0. The number of ether oxygens (including phenoxy) is 6. The number of nitrogens with zero attached hydrogens (tertiary/aromatic N) is 6. The van der Waals surface area contributed by atoms with Crippen LogP contribution < -0.4 is 14.7 Å². The van der Waals surface area contributed by atoms with Gasteiger partial charge in [-0.15, -0.1) is 0 Å². The molecular formula is C51H78N6O12. The maximum atomic E-state index is 12.5. The zero-order valence-electron chi connectivity index (χ0n) is 43.3. The summed E-state index contributed by atoms with van der Waals surface area (Å²) in [6.45, 7) is 44.6. The SMILES string of the molecule is C=C(C)C(=O)OCC(C)CN(CC(C)COC(=O)C(=C)C)c1nc(N(CC(C)COC(=O)C(=C)C)CC(C)COC(=O)C(=C)C)nc(N(CC(C)COC(=O)C(=C)C)CC(C)COC(=O)C(=C)C)n1. The molecule has 0 amide bonds. The van der Waals surface area contributed by atoms with Crippen molar-refractivity contribution < 1.29 is 57.2 Å². The Labute approximate surface area is 409 Å². The molecule has 0 aliphatic carbocycles. The summed E-state index contributed by atoms with van der Waals surface area (Å²) < 4.78 is 33.3. The van der Waals surface area contributed by atoms with Gasteiger partial charge in [0.25, 0.3) is 0 Å². The van der Waals surface area contributed by atoms with E-state index in [0.29, 0.717) is 0 Å². The van der Waals surface area contributed by atoms with Crippen molar-refractivity contribution in [3.8, 4) is 0 Å². The van der Waals surface area contributed by atoms with Crippen molar-refractivity contribution in [3.05, 3.63) is 72.9 Å². The van der Waals surface area contributed by atoms with Crippen LogP contribution in [0, 0.1) is 35.5 Å². The Hall–Kier alpha value is -6.33. The van der Waals surface area contributed by atoms with Gasteiger partial charge in [-0.1, -0.05) is 81.0 Å². The maximum absolute atomic E-state index is 12.5. The summed E-state index contributed by atoms with van der Waals surface area (Å²) in [5.41, 5.74) is 1.49. The highest BCUT2D eigenvalue weighted by molar-refractivity contribution is 5.88. The van der Waals surface area contributed by atoms with Crippen molar-refractivity contribution in [1.29, 1.82) is 0 Å². The van der Waals surface area contributed by atoms with Crippen molar-refractivity contribution >= 4 is 53.7 Å². The molecule has 1 aromatic rings. The number of anilines is 3. The molecule has 0 N–H and O–H groups in total. The molecule has 0 radical (unpaired) electrons. The van der Waals surface area contributed by atoms with Crippen molar-refractivity contribution in [2.75, 3.05) is 93.6 Å². The minimum Gasteiger partial charge on any atom is -0.462 e. The Balaban J connectivity index is 4.26. The second-order valence-corrected chi connectivity index (χ2v) is 18.9. The van der Waals surface area contributed by atoms with E-state index in [1.807, 2.05) is 56.2 Å². The van der Waals surface area contributed by atoms with E-state index in [4.69, 9.17) is 43.4 Å². The predicted octanol–water partition coefficient (Wildman–Crippen LogP) is 6.82. The summed E-state index contributed by atoms with van der Waals surface area (Å²) in [4.78, 5) is 95.9. The summed E-state index contributed by atoms with van der Waals surface area (Å²) >= 11 is 0. The fourth-order valence-electron chi connectivity index (χ4n) is 6.10. The highest BCUT2D eigenvalue weighted by atomic mass is 16.6. The van der Waals surface area contributed by atoms with E-state index in [2.05, 4.69) is 39.5 Å². The highest BCUT2D eigenvalue weighted by Gasteiger charge is 2.28. The van der Waals surface area contributed by atoms with Crippen LogP contribution in [0.25, 0.3) is 0 Å². The molecule has 18 nitrogen and oxygen atoms in total. The molecular weight excluding hydrogens is 889 g/mol. The average molecular weight is 967 g/mol. The summed E-state index contributed by atoms with van der Waals surface area (Å²) in [5.74, 6) is -4.31. The molecule has 6 atom stereocenters. The van der Waals surface area contributed by atoms with Crippen molar-refractivity contribution in [1.82, 2.24) is 15.0 Å². The molecule has 69 heavy (non-hydrogen) atoms. The lowest BCUT2D eigenvalue weighted by molar-refractivity contribution is -0.141. The molecule has 0 saturated heterocycles.